The van der Waals surface area contributed by atoms with Gasteiger partial charge in [0.05, 0.1) is 0 Å². The summed E-state index contributed by atoms with van der Waals surface area (Å²) in [6, 6.07) is 8.34. The number of H-pyrrole nitrogens is 1. The highest BCUT2D eigenvalue weighted by Gasteiger charge is 2.11. The van der Waals surface area contributed by atoms with Crippen LogP contribution >= 0.6 is 0 Å². The Morgan fingerprint density at radius 1 is 1.33 bits per heavy atom. The van der Waals surface area contributed by atoms with Gasteiger partial charge in [0.2, 0.25) is 11.9 Å². The van der Waals surface area contributed by atoms with Crippen molar-refractivity contribution in [2.75, 3.05) is 5.32 Å². The second kappa shape index (κ2) is 6.86. The highest BCUT2D eigenvalue weighted by atomic mass is 16.1. The molecule has 126 valence electrons. The topological polar surface area (TPSA) is 75.6 Å². The van der Waals surface area contributed by atoms with Crippen LogP contribution in [0.1, 0.15) is 44.0 Å². The number of carbonyl (C=O) groups is 1. The van der Waals surface area contributed by atoms with Gasteiger partial charge in [0.25, 0.3) is 0 Å². The van der Waals surface area contributed by atoms with E-state index >= 15 is 0 Å². The monoisotopic (exact) mass is 325 g/mol. The molecule has 6 nitrogen and oxygen atoms in total. The average molecular weight is 325 g/mol. The van der Waals surface area contributed by atoms with Crippen LogP contribution in [0.4, 0.5) is 5.95 Å². The molecule has 1 amide bonds. The Bertz CT molecular complexity index is 846. The Balaban J connectivity index is 1.54. The van der Waals surface area contributed by atoms with E-state index in [4.69, 9.17) is 0 Å². The summed E-state index contributed by atoms with van der Waals surface area (Å²) in [5.74, 6) is 1.34. The number of anilines is 1. The minimum Gasteiger partial charge on any atom is -0.350 e. The fourth-order valence-electron chi connectivity index (χ4n) is 2.84. The predicted octanol–water partition coefficient (Wildman–Crippen LogP) is 3.38. The molecule has 0 spiro atoms. The smallest absolute Gasteiger partial charge is 0.248 e. The molecule has 0 saturated heterocycles. The highest BCUT2D eigenvalue weighted by Crippen LogP contribution is 2.22. The highest BCUT2D eigenvalue weighted by molar-refractivity contribution is 5.89. The quantitative estimate of drug-likeness (QED) is 0.729. The maximum Gasteiger partial charge on any atom is 0.248 e. The molecule has 0 unspecified atom stereocenters. The van der Waals surface area contributed by atoms with Crippen molar-refractivity contribution in [3.05, 3.63) is 41.9 Å². The van der Waals surface area contributed by atoms with Gasteiger partial charge in [-0.2, -0.15) is 4.98 Å². The standard InChI is InChI=1S/C18H23N5O/c1-12(2)17-20-18(22-21-17)19-16(24)10-6-7-13-11-23(3)15-9-5-4-8-14(13)15/h4-5,8-9,11-12H,6-7,10H2,1-3H3,(H2,19,20,21,22,24). The number of para-hydroxylation sites is 1. The summed E-state index contributed by atoms with van der Waals surface area (Å²) in [5.41, 5.74) is 2.50. The van der Waals surface area contributed by atoms with Gasteiger partial charge in [0.15, 0.2) is 0 Å². The third kappa shape index (κ3) is 3.48. The summed E-state index contributed by atoms with van der Waals surface area (Å²) in [4.78, 5) is 16.3. The Morgan fingerprint density at radius 3 is 2.88 bits per heavy atom. The molecular weight excluding hydrogens is 302 g/mol. The van der Waals surface area contributed by atoms with Gasteiger partial charge in [-0.15, -0.1) is 5.10 Å². The molecule has 0 aliphatic rings. The number of rotatable bonds is 6. The second-order valence-electron chi connectivity index (χ2n) is 6.38. The van der Waals surface area contributed by atoms with Crippen LogP contribution in [0.3, 0.4) is 0 Å². The van der Waals surface area contributed by atoms with Gasteiger partial charge in [-0.3, -0.25) is 15.2 Å². The van der Waals surface area contributed by atoms with E-state index in [1.165, 1.54) is 16.5 Å². The van der Waals surface area contributed by atoms with E-state index in [9.17, 15) is 4.79 Å². The number of amides is 1. The van der Waals surface area contributed by atoms with Crippen LogP contribution in [0.5, 0.6) is 0 Å². The Kier molecular flexibility index (Phi) is 4.64. The van der Waals surface area contributed by atoms with Gasteiger partial charge in [0, 0.05) is 36.5 Å². The van der Waals surface area contributed by atoms with Gasteiger partial charge in [-0.05, 0) is 24.5 Å². The molecule has 0 saturated carbocycles. The lowest BCUT2D eigenvalue weighted by atomic mass is 10.1. The SMILES string of the molecule is CC(C)c1nc(NC(=O)CCCc2cn(C)c3ccccc23)n[nH]1. The molecule has 3 rings (SSSR count). The summed E-state index contributed by atoms with van der Waals surface area (Å²) < 4.78 is 2.13. The fraction of sp³-hybridized carbons (Fsp3) is 0.389. The Morgan fingerprint density at radius 2 is 2.12 bits per heavy atom. The molecule has 0 aliphatic carbocycles. The molecule has 0 aliphatic heterocycles. The van der Waals surface area contributed by atoms with Crippen molar-refractivity contribution in [2.45, 2.75) is 39.0 Å². The zero-order valence-electron chi connectivity index (χ0n) is 14.3. The lowest BCUT2D eigenvalue weighted by molar-refractivity contribution is -0.116. The molecule has 0 radical (unpaired) electrons. The van der Waals surface area contributed by atoms with Crippen molar-refractivity contribution < 1.29 is 4.79 Å². The number of nitrogens with one attached hydrogen (secondary N) is 2. The van der Waals surface area contributed by atoms with Crippen molar-refractivity contribution >= 4 is 22.8 Å². The molecule has 2 N–H and O–H groups in total. The summed E-state index contributed by atoms with van der Waals surface area (Å²) >= 11 is 0. The van der Waals surface area contributed by atoms with Crippen LogP contribution < -0.4 is 5.32 Å². The molecular formula is C18H23N5O. The van der Waals surface area contributed by atoms with E-state index in [2.05, 4.69) is 43.4 Å². The van der Waals surface area contributed by atoms with Crippen molar-refractivity contribution in [1.29, 1.82) is 0 Å². The molecule has 6 heteroatoms. The number of carbonyl (C=O) groups excluding carboxylic acids is 1. The van der Waals surface area contributed by atoms with Gasteiger partial charge >= 0.3 is 0 Å². The minimum absolute atomic E-state index is 0.0513. The molecule has 0 fully saturated rings. The number of aromatic amines is 1. The molecule has 1 aromatic carbocycles. The van der Waals surface area contributed by atoms with Gasteiger partial charge < -0.3 is 4.57 Å². The number of aromatic nitrogens is 4. The largest absolute Gasteiger partial charge is 0.350 e. The normalized spacial score (nSPS) is 11.3. The van der Waals surface area contributed by atoms with Crippen LogP contribution in [0, 0.1) is 0 Å². The minimum atomic E-state index is -0.0513. The number of nitrogens with zero attached hydrogens (tertiary/aromatic N) is 3. The van der Waals surface area contributed by atoms with Crippen molar-refractivity contribution in [2.24, 2.45) is 7.05 Å². The van der Waals surface area contributed by atoms with E-state index in [0.29, 0.717) is 12.4 Å². The van der Waals surface area contributed by atoms with Crippen molar-refractivity contribution in [3.63, 3.8) is 0 Å². The Labute approximate surface area is 141 Å². The fourth-order valence-corrected chi connectivity index (χ4v) is 2.84. The lowest BCUT2D eigenvalue weighted by Gasteiger charge is -2.01. The number of hydrogen-bond acceptors (Lipinski definition) is 3. The third-order valence-electron chi connectivity index (χ3n) is 4.13. The number of aryl methyl sites for hydroxylation is 2. The maximum atomic E-state index is 12.0. The third-order valence-corrected chi connectivity index (χ3v) is 4.13. The summed E-state index contributed by atoms with van der Waals surface area (Å²) in [6.45, 7) is 4.05. The van der Waals surface area contributed by atoms with Crippen LogP contribution in [0.25, 0.3) is 10.9 Å². The average Bonchev–Trinajstić information content (AvgIpc) is 3.14. The summed E-state index contributed by atoms with van der Waals surface area (Å²) in [7, 11) is 2.05. The lowest BCUT2D eigenvalue weighted by Crippen LogP contribution is -2.12. The number of benzene rings is 1. The summed E-state index contributed by atoms with van der Waals surface area (Å²) in [5, 5.41) is 10.9. The molecule has 0 bridgehead atoms. The molecule has 2 aromatic heterocycles. The van der Waals surface area contributed by atoms with Crippen LogP contribution in [0.15, 0.2) is 30.5 Å². The van der Waals surface area contributed by atoms with Gasteiger partial charge in [-0.25, -0.2) is 0 Å². The number of hydrogen-bond donors (Lipinski definition) is 2. The first kappa shape index (κ1) is 16.2. The van der Waals surface area contributed by atoms with Crippen molar-refractivity contribution in [1.82, 2.24) is 19.7 Å². The molecule has 24 heavy (non-hydrogen) atoms. The first-order valence-electron chi connectivity index (χ1n) is 8.29. The Hall–Kier alpha value is -2.63. The maximum absolute atomic E-state index is 12.0. The van der Waals surface area contributed by atoms with Gasteiger partial charge in [0.1, 0.15) is 5.82 Å². The zero-order chi connectivity index (χ0) is 17.1. The van der Waals surface area contributed by atoms with E-state index in [1.54, 1.807) is 0 Å². The first-order valence-corrected chi connectivity index (χ1v) is 8.29. The molecule has 3 aromatic rings. The van der Waals surface area contributed by atoms with E-state index in [1.807, 2.05) is 33.0 Å². The first-order chi connectivity index (χ1) is 11.5. The van der Waals surface area contributed by atoms with E-state index in [-0.39, 0.29) is 11.8 Å². The predicted molar refractivity (Wildman–Crippen MR) is 95.0 cm³/mol. The number of fused-ring (bicyclic) bond motifs is 1. The van der Waals surface area contributed by atoms with Crippen LogP contribution in [-0.4, -0.2) is 25.7 Å². The van der Waals surface area contributed by atoms with E-state index in [0.717, 1.165) is 18.7 Å². The molecule has 2 heterocycles. The van der Waals surface area contributed by atoms with Crippen LogP contribution in [0.2, 0.25) is 0 Å². The molecule has 0 atom stereocenters. The second-order valence-corrected chi connectivity index (χ2v) is 6.38. The van der Waals surface area contributed by atoms with E-state index < -0.39 is 0 Å². The summed E-state index contributed by atoms with van der Waals surface area (Å²) in [6.07, 6.45) is 4.27. The van der Waals surface area contributed by atoms with Crippen LogP contribution in [-0.2, 0) is 18.3 Å². The van der Waals surface area contributed by atoms with Crippen molar-refractivity contribution in [3.8, 4) is 0 Å². The zero-order valence-corrected chi connectivity index (χ0v) is 14.3. The van der Waals surface area contributed by atoms with Gasteiger partial charge in [-0.1, -0.05) is 32.0 Å².